The van der Waals surface area contributed by atoms with Gasteiger partial charge in [0, 0.05) is 25.8 Å². The molecule has 2 heterocycles. The van der Waals surface area contributed by atoms with Crippen LogP contribution >= 0.6 is 11.3 Å². The van der Waals surface area contributed by atoms with Gasteiger partial charge in [0.2, 0.25) is 0 Å². The second-order valence-electron chi connectivity index (χ2n) is 4.37. The van der Waals surface area contributed by atoms with Crippen LogP contribution in [0, 0.1) is 6.92 Å². The Labute approximate surface area is 122 Å². The molecule has 0 saturated carbocycles. The highest BCUT2D eigenvalue weighted by molar-refractivity contribution is 7.14. The fourth-order valence-electron chi connectivity index (χ4n) is 1.76. The first-order chi connectivity index (χ1) is 9.74. The van der Waals surface area contributed by atoms with Gasteiger partial charge >= 0.3 is 0 Å². The van der Waals surface area contributed by atoms with Crippen molar-refractivity contribution in [2.75, 3.05) is 20.3 Å². The van der Waals surface area contributed by atoms with Crippen molar-refractivity contribution in [3.63, 3.8) is 0 Å². The van der Waals surface area contributed by atoms with Gasteiger partial charge in [0.1, 0.15) is 10.0 Å². The minimum Gasteiger partial charge on any atom is -0.383 e. The number of hydrogen-bond acceptors (Lipinski definition) is 7. The predicted molar refractivity (Wildman–Crippen MR) is 78.6 cm³/mol. The molecule has 0 amide bonds. The zero-order chi connectivity index (χ0) is 14.4. The molecule has 0 fully saturated rings. The van der Waals surface area contributed by atoms with Gasteiger partial charge in [-0.3, -0.25) is 0 Å². The van der Waals surface area contributed by atoms with Crippen LogP contribution in [0.2, 0.25) is 0 Å². The molecule has 2 aromatic heterocycles. The summed E-state index contributed by atoms with van der Waals surface area (Å²) < 4.78 is 4.99. The second-order valence-corrected chi connectivity index (χ2v) is 5.43. The predicted octanol–water partition coefficient (Wildman–Crippen LogP) is 1.60. The van der Waals surface area contributed by atoms with Crippen molar-refractivity contribution in [3.05, 3.63) is 22.5 Å². The number of rotatable bonds is 7. The normalized spacial score (nSPS) is 10.9. The molecule has 0 bridgehead atoms. The molecular formula is C13H19N5OS. The van der Waals surface area contributed by atoms with E-state index in [4.69, 9.17) is 4.74 Å². The van der Waals surface area contributed by atoms with Crippen LogP contribution in [0.5, 0.6) is 0 Å². The molecule has 0 spiro atoms. The summed E-state index contributed by atoms with van der Waals surface area (Å²) in [5.41, 5.74) is 2.90. The van der Waals surface area contributed by atoms with Gasteiger partial charge in [0.15, 0.2) is 0 Å². The number of ether oxygens (including phenoxy) is 1. The van der Waals surface area contributed by atoms with Crippen molar-refractivity contribution in [1.82, 2.24) is 25.7 Å². The summed E-state index contributed by atoms with van der Waals surface area (Å²) in [6.07, 6.45) is 0.837. The molecule has 0 radical (unpaired) electrons. The highest BCUT2D eigenvalue weighted by atomic mass is 32.1. The molecule has 0 aliphatic rings. The average molecular weight is 293 g/mol. The van der Waals surface area contributed by atoms with E-state index in [2.05, 4.69) is 32.6 Å². The van der Waals surface area contributed by atoms with Crippen molar-refractivity contribution in [2.24, 2.45) is 0 Å². The van der Waals surface area contributed by atoms with E-state index in [1.54, 1.807) is 18.4 Å². The van der Waals surface area contributed by atoms with Gasteiger partial charge < -0.3 is 10.1 Å². The van der Waals surface area contributed by atoms with Gasteiger partial charge in [-0.25, -0.2) is 0 Å². The number of nitrogens with one attached hydrogen (secondary N) is 1. The topological polar surface area (TPSA) is 72.8 Å². The van der Waals surface area contributed by atoms with Crippen LogP contribution in [0.3, 0.4) is 0 Å². The minimum absolute atomic E-state index is 0.694. The van der Waals surface area contributed by atoms with Crippen LogP contribution in [-0.2, 0) is 17.7 Å². The summed E-state index contributed by atoms with van der Waals surface area (Å²) in [6, 6.07) is 2.02. The minimum atomic E-state index is 0.694. The molecule has 108 valence electrons. The van der Waals surface area contributed by atoms with Crippen molar-refractivity contribution >= 4 is 11.3 Å². The molecule has 7 heteroatoms. The van der Waals surface area contributed by atoms with Crippen molar-refractivity contribution in [1.29, 1.82) is 0 Å². The molecule has 0 unspecified atom stereocenters. The molecule has 2 aromatic rings. The van der Waals surface area contributed by atoms with Gasteiger partial charge in [-0.05, 0) is 19.4 Å². The lowest BCUT2D eigenvalue weighted by Gasteiger charge is -2.03. The first-order valence-electron chi connectivity index (χ1n) is 6.60. The molecule has 20 heavy (non-hydrogen) atoms. The molecule has 0 atom stereocenters. The number of methoxy groups -OCH3 is 1. The molecule has 0 aromatic carbocycles. The first-order valence-corrected chi connectivity index (χ1v) is 7.41. The standard InChI is InChI=1S/C13H19N5OS/c1-4-11-10(7-9(2)15-16-11)13-18-17-12(20-13)8-14-5-6-19-3/h7,14H,4-6,8H2,1-3H3. The van der Waals surface area contributed by atoms with Gasteiger partial charge in [-0.1, -0.05) is 18.3 Å². The van der Waals surface area contributed by atoms with Crippen molar-refractivity contribution < 1.29 is 4.74 Å². The van der Waals surface area contributed by atoms with Crippen LogP contribution in [0.4, 0.5) is 0 Å². The Morgan fingerprint density at radius 2 is 2.10 bits per heavy atom. The fourth-order valence-corrected chi connectivity index (χ4v) is 2.61. The van der Waals surface area contributed by atoms with Crippen LogP contribution in [0.15, 0.2) is 6.07 Å². The smallest absolute Gasteiger partial charge is 0.149 e. The Balaban J connectivity index is 2.10. The summed E-state index contributed by atoms with van der Waals surface area (Å²) >= 11 is 1.59. The van der Waals surface area contributed by atoms with E-state index in [9.17, 15) is 0 Å². The molecule has 0 aliphatic carbocycles. The molecular weight excluding hydrogens is 274 g/mol. The quantitative estimate of drug-likeness (QED) is 0.782. The van der Waals surface area contributed by atoms with Crippen LogP contribution < -0.4 is 5.32 Å². The Morgan fingerprint density at radius 3 is 2.85 bits per heavy atom. The molecule has 6 nitrogen and oxygen atoms in total. The maximum atomic E-state index is 4.99. The van der Waals surface area contributed by atoms with E-state index in [1.807, 2.05) is 13.0 Å². The third-order valence-corrected chi connectivity index (χ3v) is 3.74. The maximum Gasteiger partial charge on any atom is 0.149 e. The average Bonchev–Trinajstić information content (AvgIpc) is 2.92. The van der Waals surface area contributed by atoms with Gasteiger partial charge in [0.25, 0.3) is 0 Å². The van der Waals surface area contributed by atoms with Crippen molar-refractivity contribution in [2.45, 2.75) is 26.8 Å². The Morgan fingerprint density at radius 1 is 1.25 bits per heavy atom. The van der Waals surface area contributed by atoms with Crippen LogP contribution in [-0.4, -0.2) is 40.7 Å². The van der Waals surface area contributed by atoms with E-state index in [1.165, 1.54) is 0 Å². The largest absolute Gasteiger partial charge is 0.383 e. The van der Waals surface area contributed by atoms with Crippen molar-refractivity contribution in [3.8, 4) is 10.6 Å². The zero-order valence-electron chi connectivity index (χ0n) is 12.0. The molecule has 0 aliphatic heterocycles. The molecule has 2 rings (SSSR count). The lowest BCUT2D eigenvalue weighted by Crippen LogP contribution is -2.18. The van der Waals surface area contributed by atoms with Gasteiger partial charge in [-0.2, -0.15) is 10.2 Å². The highest BCUT2D eigenvalue weighted by Crippen LogP contribution is 2.26. The third-order valence-electron chi connectivity index (χ3n) is 2.78. The lowest BCUT2D eigenvalue weighted by molar-refractivity contribution is 0.199. The van der Waals surface area contributed by atoms with E-state index in [-0.39, 0.29) is 0 Å². The Bertz CT molecular complexity index is 557. The van der Waals surface area contributed by atoms with E-state index >= 15 is 0 Å². The third kappa shape index (κ3) is 3.78. The van der Waals surface area contributed by atoms with Crippen LogP contribution in [0.25, 0.3) is 10.6 Å². The number of aromatic nitrogens is 4. The highest BCUT2D eigenvalue weighted by Gasteiger charge is 2.12. The maximum absolute atomic E-state index is 4.99. The summed E-state index contributed by atoms with van der Waals surface area (Å²) in [6.45, 7) is 6.21. The molecule has 0 saturated heterocycles. The summed E-state index contributed by atoms with van der Waals surface area (Å²) in [4.78, 5) is 0. The van der Waals surface area contributed by atoms with E-state index in [0.29, 0.717) is 13.2 Å². The second kappa shape index (κ2) is 7.37. The number of nitrogens with zero attached hydrogens (tertiary/aromatic N) is 4. The van der Waals surface area contributed by atoms with E-state index in [0.717, 1.165) is 39.9 Å². The van der Waals surface area contributed by atoms with Gasteiger partial charge in [0.05, 0.1) is 18.0 Å². The summed E-state index contributed by atoms with van der Waals surface area (Å²) in [7, 11) is 1.69. The molecule has 1 N–H and O–H groups in total. The zero-order valence-corrected chi connectivity index (χ0v) is 12.8. The summed E-state index contributed by atoms with van der Waals surface area (Å²) in [5.74, 6) is 0. The fraction of sp³-hybridized carbons (Fsp3) is 0.538. The summed E-state index contributed by atoms with van der Waals surface area (Å²) in [5, 5.41) is 21.9. The Hall–Kier alpha value is -1.44. The van der Waals surface area contributed by atoms with Gasteiger partial charge in [-0.15, -0.1) is 10.2 Å². The first kappa shape index (κ1) is 15.0. The Kier molecular flexibility index (Phi) is 5.51. The lowest BCUT2D eigenvalue weighted by atomic mass is 10.1. The number of aryl methyl sites for hydroxylation is 2. The number of hydrogen-bond donors (Lipinski definition) is 1. The monoisotopic (exact) mass is 293 g/mol. The SMILES string of the molecule is CCc1nnc(C)cc1-c1nnc(CNCCOC)s1. The van der Waals surface area contributed by atoms with Crippen LogP contribution in [0.1, 0.15) is 23.3 Å². The van der Waals surface area contributed by atoms with E-state index < -0.39 is 0 Å².